The van der Waals surface area contributed by atoms with E-state index in [1.54, 1.807) is 37.3 Å². The Kier molecular flexibility index (Phi) is 4.33. The molecule has 0 radical (unpaired) electrons. The van der Waals surface area contributed by atoms with Crippen molar-refractivity contribution in [2.24, 2.45) is 0 Å². The summed E-state index contributed by atoms with van der Waals surface area (Å²) in [6.45, 7) is 3.30. The number of aromatic nitrogens is 1. The number of aryl methyl sites for hydroxylation is 2. The second-order valence-electron chi connectivity index (χ2n) is 4.78. The number of benzene rings is 1. The Hall–Kier alpha value is -2.69. The van der Waals surface area contributed by atoms with Gasteiger partial charge in [0.05, 0.1) is 0 Å². The average Bonchev–Trinajstić information content (AvgIpc) is 2.45. The van der Waals surface area contributed by atoms with Gasteiger partial charge in [0, 0.05) is 11.4 Å². The summed E-state index contributed by atoms with van der Waals surface area (Å²) in [7, 11) is 0. The minimum atomic E-state index is -1.07. The second kappa shape index (κ2) is 6.17. The van der Waals surface area contributed by atoms with Gasteiger partial charge in [-0.25, -0.2) is 4.98 Å². The molecule has 5 heteroatoms. The third kappa shape index (κ3) is 3.66. The average molecular weight is 284 g/mol. The lowest BCUT2D eigenvalue weighted by molar-refractivity contribution is -0.135. The number of carbonyl (C=O) groups is 2. The van der Waals surface area contributed by atoms with E-state index in [-0.39, 0.29) is 5.69 Å². The first-order valence-corrected chi connectivity index (χ1v) is 6.51. The molecule has 1 amide bonds. The van der Waals surface area contributed by atoms with Crippen LogP contribution in [-0.4, -0.2) is 28.5 Å². The predicted molar refractivity (Wildman–Crippen MR) is 79.5 cm³/mol. The summed E-state index contributed by atoms with van der Waals surface area (Å²) in [6.07, 6.45) is 0. The van der Waals surface area contributed by atoms with Crippen molar-refractivity contribution in [2.75, 3.05) is 11.4 Å². The summed E-state index contributed by atoms with van der Waals surface area (Å²) < 4.78 is 0. The van der Waals surface area contributed by atoms with E-state index in [9.17, 15) is 9.59 Å². The highest BCUT2D eigenvalue weighted by Gasteiger charge is 2.21. The van der Waals surface area contributed by atoms with Crippen LogP contribution >= 0.6 is 0 Å². The standard InChI is InChI=1S/C16H16N2O3/c1-11-6-8-13(9-7-11)18(10-15(19)20)16(21)14-5-3-4-12(2)17-14/h3-9H,10H2,1-2H3,(H,19,20). The zero-order chi connectivity index (χ0) is 15.4. The lowest BCUT2D eigenvalue weighted by atomic mass is 10.2. The van der Waals surface area contributed by atoms with Crippen molar-refractivity contribution < 1.29 is 14.7 Å². The van der Waals surface area contributed by atoms with E-state index in [1.807, 2.05) is 19.1 Å². The van der Waals surface area contributed by atoms with Gasteiger partial charge < -0.3 is 5.11 Å². The van der Waals surface area contributed by atoms with Crippen molar-refractivity contribution in [3.63, 3.8) is 0 Å². The number of carbonyl (C=O) groups excluding carboxylic acids is 1. The molecule has 0 fully saturated rings. The highest BCUT2D eigenvalue weighted by Crippen LogP contribution is 2.17. The molecular weight excluding hydrogens is 268 g/mol. The van der Waals surface area contributed by atoms with Crippen molar-refractivity contribution >= 4 is 17.6 Å². The van der Waals surface area contributed by atoms with Gasteiger partial charge in [0.2, 0.25) is 0 Å². The van der Waals surface area contributed by atoms with Crippen molar-refractivity contribution in [1.82, 2.24) is 4.98 Å². The van der Waals surface area contributed by atoms with Crippen LogP contribution in [0.2, 0.25) is 0 Å². The number of nitrogens with zero attached hydrogens (tertiary/aromatic N) is 2. The lowest BCUT2D eigenvalue weighted by Crippen LogP contribution is -2.36. The van der Waals surface area contributed by atoms with Crippen molar-refractivity contribution in [3.8, 4) is 0 Å². The minimum absolute atomic E-state index is 0.233. The molecule has 1 aromatic carbocycles. The highest BCUT2D eigenvalue weighted by molar-refractivity contribution is 6.07. The maximum atomic E-state index is 12.5. The fourth-order valence-electron chi connectivity index (χ4n) is 1.94. The van der Waals surface area contributed by atoms with Gasteiger partial charge in [0.25, 0.3) is 5.91 Å². The molecule has 1 N–H and O–H groups in total. The Labute approximate surface area is 122 Å². The number of aliphatic carboxylic acids is 1. The molecule has 108 valence electrons. The Bertz CT molecular complexity index is 665. The number of hydrogen-bond donors (Lipinski definition) is 1. The van der Waals surface area contributed by atoms with E-state index >= 15 is 0 Å². The molecule has 0 aliphatic rings. The third-order valence-corrected chi connectivity index (χ3v) is 2.99. The summed E-state index contributed by atoms with van der Waals surface area (Å²) in [4.78, 5) is 28.9. The molecule has 2 aromatic rings. The highest BCUT2D eigenvalue weighted by atomic mass is 16.4. The molecule has 5 nitrogen and oxygen atoms in total. The molecule has 0 bridgehead atoms. The van der Waals surface area contributed by atoms with Crippen molar-refractivity contribution in [3.05, 3.63) is 59.4 Å². The zero-order valence-corrected chi connectivity index (χ0v) is 11.9. The topological polar surface area (TPSA) is 70.5 Å². The van der Waals surface area contributed by atoms with E-state index in [0.717, 1.165) is 5.56 Å². The van der Waals surface area contributed by atoms with Gasteiger partial charge in [0.1, 0.15) is 12.2 Å². The summed E-state index contributed by atoms with van der Waals surface area (Å²) in [6, 6.07) is 12.2. The normalized spacial score (nSPS) is 10.2. The quantitative estimate of drug-likeness (QED) is 0.936. The fourth-order valence-corrected chi connectivity index (χ4v) is 1.94. The number of anilines is 1. The van der Waals surface area contributed by atoms with Crippen LogP contribution in [0.3, 0.4) is 0 Å². The molecule has 21 heavy (non-hydrogen) atoms. The fraction of sp³-hybridized carbons (Fsp3) is 0.188. The maximum Gasteiger partial charge on any atom is 0.323 e. The number of carboxylic acid groups (broad SMARTS) is 1. The molecule has 0 saturated carbocycles. The van der Waals surface area contributed by atoms with E-state index in [1.165, 1.54) is 4.90 Å². The molecule has 0 atom stereocenters. The summed E-state index contributed by atoms with van der Waals surface area (Å²) in [5, 5.41) is 9.04. The van der Waals surface area contributed by atoms with Gasteiger partial charge in [-0.2, -0.15) is 0 Å². The number of amides is 1. The van der Waals surface area contributed by atoms with E-state index in [2.05, 4.69) is 4.98 Å². The number of rotatable bonds is 4. The number of carboxylic acids is 1. The Morgan fingerprint density at radius 3 is 2.33 bits per heavy atom. The van der Waals surface area contributed by atoms with Crippen molar-refractivity contribution in [1.29, 1.82) is 0 Å². The molecule has 0 unspecified atom stereocenters. The molecule has 1 aromatic heterocycles. The molecular formula is C16H16N2O3. The zero-order valence-electron chi connectivity index (χ0n) is 11.9. The second-order valence-corrected chi connectivity index (χ2v) is 4.78. The van der Waals surface area contributed by atoms with E-state index in [0.29, 0.717) is 11.4 Å². The van der Waals surface area contributed by atoms with Crippen LogP contribution < -0.4 is 4.90 Å². The molecule has 2 rings (SSSR count). The molecule has 1 heterocycles. The first kappa shape index (κ1) is 14.7. The van der Waals surface area contributed by atoms with Gasteiger partial charge in [0.15, 0.2) is 0 Å². The monoisotopic (exact) mass is 284 g/mol. The predicted octanol–water partition coefficient (Wildman–Crippen LogP) is 2.43. The number of pyridine rings is 1. The summed E-state index contributed by atoms with van der Waals surface area (Å²) in [5.74, 6) is -1.50. The Balaban J connectivity index is 2.38. The van der Waals surface area contributed by atoms with Crippen LogP contribution in [0.1, 0.15) is 21.7 Å². The first-order valence-electron chi connectivity index (χ1n) is 6.51. The van der Waals surface area contributed by atoms with E-state index in [4.69, 9.17) is 5.11 Å². The Morgan fingerprint density at radius 1 is 1.10 bits per heavy atom. The van der Waals surface area contributed by atoms with E-state index < -0.39 is 18.4 Å². The molecule has 0 aliphatic carbocycles. The molecule has 0 spiro atoms. The van der Waals surface area contributed by atoms with Crippen LogP contribution in [0.15, 0.2) is 42.5 Å². The van der Waals surface area contributed by atoms with Crippen LogP contribution in [0.5, 0.6) is 0 Å². The number of hydrogen-bond acceptors (Lipinski definition) is 3. The molecule has 0 saturated heterocycles. The van der Waals surface area contributed by atoms with Gasteiger partial charge in [-0.15, -0.1) is 0 Å². The smallest absolute Gasteiger partial charge is 0.323 e. The maximum absolute atomic E-state index is 12.5. The van der Waals surface area contributed by atoms with Gasteiger partial charge in [-0.3, -0.25) is 14.5 Å². The lowest BCUT2D eigenvalue weighted by Gasteiger charge is -2.20. The van der Waals surface area contributed by atoms with Gasteiger partial charge in [-0.05, 0) is 38.1 Å². The van der Waals surface area contributed by atoms with Crippen LogP contribution in [0.4, 0.5) is 5.69 Å². The van der Waals surface area contributed by atoms with Gasteiger partial charge >= 0.3 is 5.97 Å². The van der Waals surface area contributed by atoms with Crippen LogP contribution in [0.25, 0.3) is 0 Å². The van der Waals surface area contributed by atoms with Crippen LogP contribution in [0, 0.1) is 13.8 Å². The summed E-state index contributed by atoms with van der Waals surface area (Å²) in [5.41, 5.74) is 2.52. The SMILES string of the molecule is Cc1ccc(N(CC(=O)O)C(=O)c2cccc(C)n2)cc1. The summed E-state index contributed by atoms with van der Waals surface area (Å²) >= 11 is 0. The van der Waals surface area contributed by atoms with Gasteiger partial charge in [-0.1, -0.05) is 23.8 Å². The molecule has 0 aliphatic heterocycles. The largest absolute Gasteiger partial charge is 0.480 e. The van der Waals surface area contributed by atoms with Crippen LogP contribution in [-0.2, 0) is 4.79 Å². The third-order valence-electron chi connectivity index (χ3n) is 2.99. The first-order chi connectivity index (χ1) is 9.97. The Morgan fingerprint density at radius 2 is 1.76 bits per heavy atom. The van der Waals surface area contributed by atoms with Crippen molar-refractivity contribution in [2.45, 2.75) is 13.8 Å². The minimum Gasteiger partial charge on any atom is -0.480 e.